The van der Waals surface area contributed by atoms with Gasteiger partial charge in [0.05, 0.1) is 18.5 Å². The summed E-state index contributed by atoms with van der Waals surface area (Å²) in [5.41, 5.74) is 2.16. The zero-order valence-corrected chi connectivity index (χ0v) is 22.7. The molecule has 3 aromatic rings. The van der Waals surface area contributed by atoms with Gasteiger partial charge in [0, 0.05) is 5.92 Å². The van der Waals surface area contributed by atoms with Gasteiger partial charge in [0.1, 0.15) is 35.3 Å². The number of carbonyl (C=O) groups is 1. The maximum absolute atomic E-state index is 16.1. The molecule has 38 heavy (non-hydrogen) atoms. The number of hydrogen-bond donors (Lipinski definition) is 3. The number of fused-ring (bicyclic) bond motifs is 1. The second-order valence-corrected chi connectivity index (χ2v) is 12.1. The van der Waals surface area contributed by atoms with Gasteiger partial charge in [0.25, 0.3) is 5.56 Å². The Kier molecular flexibility index (Phi) is 7.53. The lowest BCUT2D eigenvalue weighted by Crippen LogP contribution is -2.46. The van der Waals surface area contributed by atoms with Crippen LogP contribution in [0.2, 0.25) is 0 Å². The summed E-state index contributed by atoms with van der Waals surface area (Å²) < 4.78 is 44.7. The number of rotatable bonds is 9. The van der Waals surface area contributed by atoms with Gasteiger partial charge < -0.3 is 20.1 Å². The van der Waals surface area contributed by atoms with E-state index in [2.05, 4.69) is 26.0 Å². The maximum Gasteiger partial charge on any atom is 0.379 e. The molecule has 6 atom stereocenters. The maximum atomic E-state index is 16.1. The summed E-state index contributed by atoms with van der Waals surface area (Å²) in [5.74, 6) is -1.05. The largest absolute Gasteiger partial charge is 0.424 e. The number of nitrogens with one attached hydrogen (secondary N) is 1. The summed E-state index contributed by atoms with van der Waals surface area (Å²) in [6, 6.07) is 12.4. The zero-order valence-electron chi connectivity index (χ0n) is 20.2. The fourth-order valence-electron chi connectivity index (χ4n) is 4.02. The molecule has 1 aliphatic heterocycles. The number of nitrogens with zero attached hydrogens (tertiary/aromatic N) is 3. The van der Waals surface area contributed by atoms with Crippen LogP contribution in [0.3, 0.4) is 0 Å². The van der Waals surface area contributed by atoms with Gasteiger partial charge in [-0.25, -0.2) is 13.5 Å². The van der Waals surface area contributed by atoms with E-state index in [0.29, 0.717) is 0 Å². The lowest BCUT2D eigenvalue weighted by molar-refractivity contribution is -0.119. The van der Waals surface area contributed by atoms with E-state index in [-0.39, 0.29) is 34.9 Å². The summed E-state index contributed by atoms with van der Waals surface area (Å²) in [6.07, 6.45) is -3.85. The molecule has 15 heteroatoms. The average Bonchev–Trinajstić information content (AvgIpc) is 3.36. The van der Waals surface area contributed by atoms with E-state index in [1.165, 1.54) is 19.1 Å². The molecule has 202 valence electrons. The van der Waals surface area contributed by atoms with E-state index in [1.807, 2.05) is 0 Å². The number of aliphatic hydroxyl groups is 1. The van der Waals surface area contributed by atoms with Gasteiger partial charge in [-0.1, -0.05) is 25.1 Å². The van der Waals surface area contributed by atoms with Crippen LogP contribution >= 0.6 is 23.5 Å². The van der Waals surface area contributed by atoms with E-state index in [4.69, 9.17) is 19.5 Å². The van der Waals surface area contributed by atoms with Crippen LogP contribution in [0.5, 0.6) is 5.75 Å². The lowest BCUT2D eigenvalue weighted by atomic mass is 9.93. The highest BCUT2D eigenvalue weighted by Gasteiger charge is 2.69. The minimum absolute atomic E-state index is 0.0519. The van der Waals surface area contributed by atoms with Crippen LogP contribution in [-0.2, 0) is 24.2 Å². The number of aromatic nitrogens is 3. The molecule has 1 aliphatic rings. The van der Waals surface area contributed by atoms with Gasteiger partial charge in [0.15, 0.2) is 0 Å². The first kappa shape index (κ1) is 27.9. The molecule has 0 radical (unpaired) electrons. The molecule has 0 saturated carbocycles. The van der Waals surface area contributed by atoms with Gasteiger partial charge in [-0.15, -0.1) is 5.10 Å². The summed E-state index contributed by atoms with van der Waals surface area (Å²) in [4.78, 5) is 26.4. The number of ketones is 1. The second kappa shape index (κ2) is 10.2. The van der Waals surface area contributed by atoms with E-state index in [0.717, 1.165) is 4.52 Å². The second-order valence-electron chi connectivity index (χ2n) is 8.88. The normalized spacial score (nSPS) is 27.5. The number of para-hydroxylation sites is 1. The third kappa shape index (κ3) is 4.88. The highest BCUT2D eigenvalue weighted by Crippen LogP contribution is 2.55. The highest BCUT2D eigenvalue weighted by molar-refractivity contribution is 9.10. The molecule has 3 heterocycles. The Labute approximate surface area is 224 Å². The number of carbonyl (C=O) groups excluding carboxylic acids is 1. The molecule has 1 aromatic carbocycles. The summed E-state index contributed by atoms with van der Waals surface area (Å²) in [7, 11) is -4.05. The molecule has 0 spiro atoms. The summed E-state index contributed by atoms with van der Waals surface area (Å²) in [5, 5.41) is 24.9. The number of H-pyrrole nitrogens is 1. The quantitative estimate of drug-likeness (QED) is 0.240. The molecular formula is C23H24BrFN5O7P. The smallest absolute Gasteiger partial charge is 0.379 e. The SMILES string of the molecule is CC(=O)[C@H](C)CP(=O)(OC[C@H]1O[C@@](C#N)(c2ccc3c(=O)[nH]c(N)nn23)C(F)(Br)[C@H]1O)Oc1ccccc1. The molecule has 4 N–H and O–H groups in total. The molecule has 2 unspecified atom stereocenters. The van der Waals surface area contributed by atoms with E-state index in [9.17, 15) is 24.5 Å². The van der Waals surface area contributed by atoms with Crippen molar-refractivity contribution in [2.45, 2.75) is 36.2 Å². The Bertz CT molecular complexity index is 1510. The Morgan fingerprint density at radius 2 is 2.11 bits per heavy atom. The number of hydrogen-bond acceptors (Lipinski definition) is 10. The number of nitrogen functional groups attached to an aromatic ring is 1. The van der Waals surface area contributed by atoms with Gasteiger partial charge in [-0.2, -0.15) is 5.26 Å². The van der Waals surface area contributed by atoms with Gasteiger partial charge in [-0.05, 0) is 47.1 Å². The first-order valence-corrected chi connectivity index (χ1v) is 13.9. The first-order valence-electron chi connectivity index (χ1n) is 11.3. The molecular weight excluding hydrogens is 588 g/mol. The average molecular weight is 612 g/mol. The van der Waals surface area contributed by atoms with Crippen molar-refractivity contribution in [3.8, 4) is 11.8 Å². The number of halogens is 2. The molecule has 1 fully saturated rings. The molecule has 1 saturated heterocycles. The van der Waals surface area contributed by atoms with E-state index in [1.54, 1.807) is 43.3 Å². The number of aliphatic hydroxyl groups excluding tert-OH is 1. The Morgan fingerprint density at radius 3 is 2.74 bits per heavy atom. The molecule has 0 bridgehead atoms. The molecule has 2 aromatic heterocycles. The summed E-state index contributed by atoms with van der Waals surface area (Å²) in [6.45, 7) is 2.21. The topological polar surface area (TPSA) is 182 Å². The molecule has 12 nitrogen and oxygen atoms in total. The van der Waals surface area contributed by atoms with Gasteiger partial charge in [-0.3, -0.25) is 19.1 Å². The fourth-order valence-corrected chi connectivity index (χ4v) is 6.68. The predicted molar refractivity (Wildman–Crippen MR) is 137 cm³/mol. The number of nitrogens with two attached hydrogens (primary N) is 1. The van der Waals surface area contributed by atoms with Crippen molar-refractivity contribution in [3.63, 3.8) is 0 Å². The minimum atomic E-state index is -4.05. The number of ether oxygens (including phenoxy) is 1. The van der Waals surface area contributed by atoms with Crippen molar-refractivity contribution in [2.75, 3.05) is 18.5 Å². The van der Waals surface area contributed by atoms with Crippen LogP contribution in [0, 0.1) is 17.2 Å². The van der Waals surface area contributed by atoms with Crippen molar-refractivity contribution in [1.82, 2.24) is 14.6 Å². The first-order chi connectivity index (χ1) is 17.8. The summed E-state index contributed by atoms with van der Waals surface area (Å²) >= 11 is 2.79. The van der Waals surface area contributed by atoms with Crippen LogP contribution in [-0.4, -0.2) is 55.0 Å². The monoisotopic (exact) mass is 611 g/mol. The van der Waals surface area contributed by atoms with E-state index < -0.39 is 48.1 Å². The standard InChI is InChI=1S/C23H24BrFN5O7P/c1-13(14(2)31)11-38(34,37-15-6-4-3-5-7-15)35-10-17-19(32)23(24,25)22(12-26,36-17)18-9-8-16-20(33)28-21(27)29-30(16)18/h3-9,13,17,19,32H,10-11H2,1-2H3,(H3,27,28,29,33)/t13-,17-,19+,22+,23?,38?/m1/s1. The number of anilines is 1. The Balaban J connectivity index is 1.66. The third-order valence-corrected chi connectivity index (χ3v) is 9.25. The number of nitriles is 1. The van der Waals surface area contributed by atoms with Crippen molar-refractivity contribution in [2.24, 2.45) is 5.92 Å². The highest BCUT2D eigenvalue weighted by atomic mass is 79.9. The van der Waals surface area contributed by atoms with Crippen LogP contribution in [0.15, 0.2) is 47.3 Å². The van der Waals surface area contributed by atoms with E-state index >= 15 is 4.39 Å². The lowest BCUT2D eigenvalue weighted by Gasteiger charge is -2.29. The van der Waals surface area contributed by atoms with Crippen LogP contribution in [0.4, 0.5) is 10.3 Å². The Hall–Kier alpha value is -3.08. The van der Waals surface area contributed by atoms with Crippen molar-refractivity contribution < 1.29 is 32.6 Å². The zero-order chi connectivity index (χ0) is 27.9. The number of benzene rings is 1. The van der Waals surface area contributed by atoms with Crippen LogP contribution in [0.25, 0.3) is 5.52 Å². The predicted octanol–water partition coefficient (Wildman–Crippen LogP) is 2.66. The van der Waals surface area contributed by atoms with Crippen molar-refractivity contribution in [3.05, 3.63) is 58.5 Å². The molecule has 0 aliphatic carbocycles. The van der Waals surface area contributed by atoms with Crippen LogP contribution < -0.4 is 15.8 Å². The number of Topliss-reactive ketones (excluding diaryl/α,β-unsaturated/α-hetero) is 1. The van der Waals surface area contributed by atoms with Crippen LogP contribution in [0.1, 0.15) is 19.5 Å². The number of aromatic amines is 1. The van der Waals surface area contributed by atoms with Crippen molar-refractivity contribution in [1.29, 1.82) is 5.26 Å². The molecule has 0 amide bonds. The minimum Gasteiger partial charge on any atom is -0.424 e. The van der Waals surface area contributed by atoms with Gasteiger partial charge >= 0.3 is 7.60 Å². The fraction of sp³-hybridized carbons (Fsp3) is 0.391. The Morgan fingerprint density at radius 1 is 1.42 bits per heavy atom. The van der Waals surface area contributed by atoms with Crippen molar-refractivity contribution >= 4 is 40.8 Å². The number of alkyl halides is 2. The molecule has 4 rings (SSSR count). The van der Waals surface area contributed by atoms with Gasteiger partial charge in [0.2, 0.25) is 16.1 Å². The third-order valence-electron chi connectivity index (χ3n) is 6.19.